The van der Waals surface area contributed by atoms with Crippen LogP contribution in [0.1, 0.15) is 18.9 Å². The molecule has 7 nitrogen and oxygen atoms in total. The van der Waals surface area contributed by atoms with Crippen molar-refractivity contribution in [1.82, 2.24) is 0 Å². The van der Waals surface area contributed by atoms with E-state index in [2.05, 4.69) is 0 Å². The molecule has 0 amide bonds. The highest BCUT2D eigenvalue weighted by molar-refractivity contribution is 5.49. The summed E-state index contributed by atoms with van der Waals surface area (Å²) in [4.78, 5) is 19.9. The molecule has 0 aliphatic rings. The van der Waals surface area contributed by atoms with Crippen LogP contribution in [0.15, 0.2) is 18.2 Å². The van der Waals surface area contributed by atoms with Gasteiger partial charge >= 0.3 is 0 Å². The van der Waals surface area contributed by atoms with Gasteiger partial charge in [-0.15, -0.1) is 0 Å². The van der Waals surface area contributed by atoms with Crippen molar-refractivity contribution < 1.29 is 15.0 Å². The highest BCUT2D eigenvalue weighted by Gasteiger charge is 2.19. The van der Waals surface area contributed by atoms with Crippen molar-refractivity contribution in [2.24, 2.45) is 0 Å². The average molecular weight is 240 g/mol. The van der Waals surface area contributed by atoms with Crippen molar-refractivity contribution >= 4 is 11.4 Å². The fraction of sp³-hybridized carbons (Fsp3) is 0.400. The molecule has 1 atom stereocenters. The number of aliphatic hydroxyl groups is 1. The lowest BCUT2D eigenvalue weighted by Crippen LogP contribution is -2.04. The number of benzene rings is 1. The first kappa shape index (κ1) is 13.0. The van der Waals surface area contributed by atoms with Gasteiger partial charge in [-0.05, 0) is 25.8 Å². The largest absolute Gasteiger partial charge is 0.393 e. The minimum absolute atomic E-state index is 0.278. The van der Waals surface area contributed by atoms with E-state index in [9.17, 15) is 20.2 Å². The topological polar surface area (TPSA) is 107 Å². The third-order valence-corrected chi connectivity index (χ3v) is 2.31. The Morgan fingerprint density at radius 1 is 1.29 bits per heavy atom. The molecule has 1 N–H and O–H groups in total. The molecule has 0 heterocycles. The zero-order valence-electron chi connectivity index (χ0n) is 9.20. The third kappa shape index (κ3) is 3.49. The summed E-state index contributed by atoms with van der Waals surface area (Å²) in [5.74, 6) is 0. The monoisotopic (exact) mass is 240 g/mol. The molecule has 17 heavy (non-hydrogen) atoms. The fourth-order valence-corrected chi connectivity index (χ4v) is 1.41. The van der Waals surface area contributed by atoms with Crippen molar-refractivity contribution in [3.05, 3.63) is 44.0 Å². The maximum absolute atomic E-state index is 10.8. The number of aliphatic hydroxyl groups excluding tert-OH is 1. The zero-order valence-corrected chi connectivity index (χ0v) is 9.20. The van der Waals surface area contributed by atoms with Crippen LogP contribution in [0, 0.1) is 20.2 Å². The van der Waals surface area contributed by atoms with Crippen LogP contribution < -0.4 is 0 Å². The molecule has 1 aromatic rings. The summed E-state index contributed by atoms with van der Waals surface area (Å²) in [6.45, 7) is 1.58. The van der Waals surface area contributed by atoms with Gasteiger partial charge in [0, 0.05) is 11.6 Å². The fourth-order valence-electron chi connectivity index (χ4n) is 1.41. The SMILES string of the molecule is CC(O)CCc1ccc([N+](=O)[O-])cc1[N+](=O)[O-]. The Bertz CT molecular complexity index is 444. The highest BCUT2D eigenvalue weighted by atomic mass is 16.6. The van der Waals surface area contributed by atoms with Gasteiger partial charge in [-0.3, -0.25) is 20.2 Å². The molecule has 0 saturated heterocycles. The van der Waals surface area contributed by atoms with Crippen LogP contribution in [0.3, 0.4) is 0 Å². The predicted octanol–water partition coefficient (Wildman–Crippen LogP) is 1.82. The Balaban J connectivity index is 3.04. The summed E-state index contributed by atoms with van der Waals surface area (Å²) < 4.78 is 0. The minimum Gasteiger partial charge on any atom is -0.393 e. The smallest absolute Gasteiger partial charge is 0.279 e. The van der Waals surface area contributed by atoms with Gasteiger partial charge in [-0.1, -0.05) is 0 Å². The van der Waals surface area contributed by atoms with Crippen LogP contribution in [0.4, 0.5) is 11.4 Å². The molecule has 0 aromatic heterocycles. The number of hydrogen-bond acceptors (Lipinski definition) is 5. The number of nitro groups is 2. The molecule has 0 aliphatic carbocycles. The van der Waals surface area contributed by atoms with Crippen LogP contribution in [-0.2, 0) is 6.42 Å². The van der Waals surface area contributed by atoms with Crippen molar-refractivity contribution in [3.8, 4) is 0 Å². The second-order valence-electron chi connectivity index (χ2n) is 3.71. The van der Waals surface area contributed by atoms with Crippen molar-refractivity contribution in [1.29, 1.82) is 0 Å². The van der Waals surface area contributed by atoms with Gasteiger partial charge in [0.25, 0.3) is 11.4 Å². The first-order chi connectivity index (χ1) is 7.91. The first-order valence-corrected chi connectivity index (χ1v) is 5.01. The molecule has 7 heteroatoms. The number of non-ortho nitro benzene ring substituents is 1. The number of rotatable bonds is 5. The van der Waals surface area contributed by atoms with Gasteiger partial charge in [0.2, 0.25) is 0 Å². The Morgan fingerprint density at radius 2 is 1.94 bits per heavy atom. The van der Waals surface area contributed by atoms with Gasteiger partial charge < -0.3 is 5.11 Å². The molecule has 0 spiro atoms. The summed E-state index contributed by atoms with van der Waals surface area (Å²) in [7, 11) is 0. The minimum atomic E-state index is -0.675. The van der Waals surface area contributed by atoms with E-state index >= 15 is 0 Å². The van der Waals surface area contributed by atoms with Crippen LogP contribution in [0.5, 0.6) is 0 Å². The number of nitro benzene ring substituents is 2. The van der Waals surface area contributed by atoms with E-state index < -0.39 is 16.0 Å². The maximum Gasteiger partial charge on any atom is 0.279 e. The molecule has 1 unspecified atom stereocenters. The first-order valence-electron chi connectivity index (χ1n) is 5.01. The van der Waals surface area contributed by atoms with Gasteiger partial charge in [0.05, 0.1) is 22.0 Å². The van der Waals surface area contributed by atoms with Gasteiger partial charge in [-0.25, -0.2) is 0 Å². The normalized spacial score (nSPS) is 12.1. The van der Waals surface area contributed by atoms with E-state index in [-0.39, 0.29) is 11.4 Å². The van der Waals surface area contributed by atoms with Crippen molar-refractivity contribution in [2.75, 3.05) is 0 Å². The lowest BCUT2D eigenvalue weighted by Gasteiger charge is -2.04. The molecule has 0 fully saturated rings. The Hall–Kier alpha value is -2.02. The molecule has 0 saturated carbocycles. The summed E-state index contributed by atoms with van der Waals surface area (Å²) in [5, 5.41) is 30.4. The second-order valence-corrected chi connectivity index (χ2v) is 3.71. The lowest BCUT2D eigenvalue weighted by molar-refractivity contribution is -0.394. The molecule has 0 aliphatic heterocycles. The number of nitrogens with zero attached hydrogens (tertiary/aromatic N) is 2. The zero-order chi connectivity index (χ0) is 13.0. The molecule has 1 aromatic carbocycles. The van der Waals surface area contributed by atoms with Crippen LogP contribution in [0.2, 0.25) is 0 Å². The summed E-state index contributed by atoms with van der Waals surface area (Å²) >= 11 is 0. The van der Waals surface area contributed by atoms with Gasteiger partial charge in [-0.2, -0.15) is 0 Å². The van der Waals surface area contributed by atoms with Crippen molar-refractivity contribution in [2.45, 2.75) is 25.9 Å². The van der Waals surface area contributed by atoms with Crippen LogP contribution in [0.25, 0.3) is 0 Å². The number of hydrogen-bond donors (Lipinski definition) is 1. The molecular formula is C10H12N2O5. The van der Waals surface area contributed by atoms with E-state index in [1.54, 1.807) is 6.92 Å². The molecule has 92 valence electrons. The Morgan fingerprint density at radius 3 is 2.41 bits per heavy atom. The van der Waals surface area contributed by atoms with Crippen LogP contribution in [-0.4, -0.2) is 21.1 Å². The molecule has 1 rings (SSSR count). The van der Waals surface area contributed by atoms with Gasteiger partial charge in [0.15, 0.2) is 0 Å². The average Bonchev–Trinajstić information content (AvgIpc) is 2.25. The molecular weight excluding hydrogens is 228 g/mol. The van der Waals surface area contributed by atoms with E-state index in [1.807, 2.05) is 0 Å². The Labute approximate surface area is 97.0 Å². The number of aryl methyl sites for hydroxylation is 1. The summed E-state index contributed by atoms with van der Waals surface area (Å²) in [6, 6.07) is 3.53. The predicted molar refractivity (Wildman–Crippen MR) is 59.8 cm³/mol. The quantitative estimate of drug-likeness (QED) is 0.623. The maximum atomic E-state index is 10.8. The summed E-state index contributed by atoms with van der Waals surface area (Å²) in [5.41, 5.74) is -0.196. The van der Waals surface area contributed by atoms with Crippen molar-refractivity contribution in [3.63, 3.8) is 0 Å². The van der Waals surface area contributed by atoms with Gasteiger partial charge in [0.1, 0.15) is 0 Å². The van der Waals surface area contributed by atoms with E-state index in [4.69, 9.17) is 5.11 Å². The summed E-state index contributed by atoms with van der Waals surface area (Å²) in [6.07, 6.45) is 0.120. The standard InChI is InChI=1S/C10H12N2O5/c1-7(13)2-3-8-4-5-9(11(14)15)6-10(8)12(16)17/h4-7,13H,2-3H2,1H3. The Kier molecular flexibility index (Phi) is 4.11. The third-order valence-electron chi connectivity index (χ3n) is 2.31. The lowest BCUT2D eigenvalue weighted by atomic mass is 10.0. The van der Waals surface area contributed by atoms with E-state index in [1.165, 1.54) is 12.1 Å². The van der Waals surface area contributed by atoms with Crippen LogP contribution >= 0.6 is 0 Å². The second kappa shape index (κ2) is 5.35. The molecule has 0 radical (unpaired) electrons. The highest BCUT2D eigenvalue weighted by Crippen LogP contribution is 2.25. The van der Waals surface area contributed by atoms with E-state index in [0.29, 0.717) is 18.4 Å². The molecule has 0 bridgehead atoms. The van der Waals surface area contributed by atoms with E-state index in [0.717, 1.165) is 6.07 Å².